The Kier molecular flexibility index (Phi) is 10.4. The van der Waals surface area contributed by atoms with Gasteiger partial charge in [0.1, 0.15) is 0 Å². The second kappa shape index (κ2) is 13.5. The molecule has 1 atom stereocenters. The summed E-state index contributed by atoms with van der Waals surface area (Å²) < 4.78 is 7.44. The van der Waals surface area contributed by atoms with Crippen molar-refractivity contribution in [1.82, 2.24) is 25.3 Å². The van der Waals surface area contributed by atoms with Crippen molar-refractivity contribution in [3.05, 3.63) is 83.7 Å². The average Bonchev–Trinajstić information content (AvgIpc) is 3.39. The summed E-state index contributed by atoms with van der Waals surface area (Å²) in [5.41, 5.74) is 4.96. The van der Waals surface area contributed by atoms with Crippen molar-refractivity contribution in [2.24, 2.45) is 4.99 Å². The molecule has 1 unspecified atom stereocenters. The van der Waals surface area contributed by atoms with Crippen LogP contribution in [0.5, 0.6) is 0 Å². The number of halogens is 1. The van der Waals surface area contributed by atoms with E-state index in [0.717, 1.165) is 57.5 Å². The predicted molar refractivity (Wildman–Crippen MR) is 148 cm³/mol. The summed E-state index contributed by atoms with van der Waals surface area (Å²) in [6, 6.07) is 19.5. The van der Waals surface area contributed by atoms with E-state index in [-0.39, 0.29) is 30.0 Å². The molecular weight excluding hydrogens is 539 g/mol. The van der Waals surface area contributed by atoms with Gasteiger partial charge in [-0.1, -0.05) is 42.0 Å². The lowest BCUT2D eigenvalue weighted by atomic mass is 10.0. The average molecular weight is 575 g/mol. The molecule has 3 aromatic rings. The van der Waals surface area contributed by atoms with E-state index in [1.165, 1.54) is 16.7 Å². The molecule has 2 aromatic carbocycles. The van der Waals surface area contributed by atoms with Crippen molar-refractivity contribution >= 4 is 29.9 Å². The number of hydrogen-bond acceptors (Lipinski definition) is 4. The summed E-state index contributed by atoms with van der Waals surface area (Å²) in [5, 5.41) is 11.3. The Balaban J connectivity index is 0.00000324. The van der Waals surface area contributed by atoms with Crippen LogP contribution >= 0.6 is 24.0 Å². The molecule has 0 radical (unpaired) electrons. The molecule has 34 heavy (non-hydrogen) atoms. The third-order valence-corrected chi connectivity index (χ3v) is 6.01. The molecule has 1 aromatic heterocycles. The lowest BCUT2D eigenvalue weighted by Crippen LogP contribution is -2.46. The molecule has 1 aliphatic heterocycles. The second-order valence-electron chi connectivity index (χ2n) is 8.33. The van der Waals surface area contributed by atoms with Gasteiger partial charge in [0.2, 0.25) is 0 Å². The summed E-state index contributed by atoms with van der Waals surface area (Å²) in [5.74, 6) is 0.828. The molecule has 7 nitrogen and oxygen atoms in total. The molecule has 0 bridgehead atoms. The van der Waals surface area contributed by atoms with E-state index < -0.39 is 0 Å². The number of aromatic nitrogens is 2. The topological polar surface area (TPSA) is 66.7 Å². The van der Waals surface area contributed by atoms with Gasteiger partial charge in [-0.05, 0) is 42.7 Å². The van der Waals surface area contributed by atoms with Gasteiger partial charge < -0.3 is 15.4 Å². The van der Waals surface area contributed by atoms with Gasteiger partial charge in [-0.15, -0.1) is 24.0 Å². The van der Waals surface area contributed by atoms with E-state index >= 15 is 0 Å². The van der Waals surface area contributed by atoms with E-state index in [1.807, 2.05) is 24.0 Å². The van der Waals surface area contributed by atoms with Crippen molar-refractivity contribution in [1.29, 1.82) is 0 Å². The highest BCUT2D eigenvalue weighted by molar-refractivity contribution is 14.0. The first-order valence-electron chi connectivity index (χ1n) is 11.6. The monoisotopic (exact) mass is 574 g/mol. The highest BCUT2D eigenvalue weighted by Crippen LogP contribution is 2.22. The molecule has 2 heterocycles. The SMILES string of the molecule is CN=C(NCCc1ccc(-n2cccn2)cc1)NCC(c1cccc(C)c1)N1CCOCC1.I. The summed E-state index contributed by atoms with van der Waals surface area (Å²) in [4.78, 5) is 6.93. The van der Waals surface area contributed by atoms with Crippen LogP contribution in [0.2, 0.25) is 0 Å². The molecule has 0 spiro atoms. The molecule has 0 aliphatic carbocycles. The van der Waals surface area contributed by atoms with Crippen LogP contribution in [0.4, 0.5) is 0 Å². The Hall–Kier alpha value is -2.43. The lowest BCUT2D eigenvalue weighted by Gasteiger charge is -2.35. The molecule has 1 aliphatic rings. The van der Waals surface area contributed by atoms with Gasteiger partial charge in [0.25, 0.3) is 0 Å². The standard InChI is InChI=1S/C26H34N6O.HI/c1-21-5-3-6-23(19-21)25(31-15-17-33-18-16-31)20-29-26(27-2)28-13-11-22-7-9-24(10-8-22)32-14-4-12-30-32;/h3-10,12,14,19,25H,11,13,15-18,20H2,1-2H3,(H2,27,28,29);1H. The van der Waals surface area contributed by atoms with Gasteiger partial charge in [0.15, 0.2) is 5.96 Å². The van der Waals surface area contributed by atoms with Gasteiger partial charge in [-0.3, -0.25) is 9.89 Å². The summed E-state index contributed by atoms with van der Waals surface area (Å²) in [6.07, 6.45) is 4.66. The zero-order valence-corrected chi connectivity index (χ0v) is 22.3. The van der Waals surface area contributed by atoms with Crippen LogP contribution in [0.25, 0.3) is 5.69 Å². The zero-order valence-electron chi connectivity index (χ0n) is 20.0. The molecule has 8 heteroatoms. The normalized spacial score (nSPS) is 15.4. The Bertz CT molecular complexity index is 1020. The molecule has 0 saturated carbocycles. The van der Waals surface area contributed by atoms with E-state index in [4.69, 9.17) is 4.74 Å². The number of aliphatic imine (C=N–C) groups is 1. The third-order valence-electron chi connectivity index (χ3n) is 6.01. The van der Waals surface area contributed by atoms with Crippen LogP contribution in [-0.4, -0.2) is 67.1 Å². The van der Waals surface area contributed by atoms with Crippen LogP contribution in [0, 0.1) is 6.92 Å². The van der Waals surface area contributed by atoms with Crippen molar-refractivity contribution in [3.63, 3.8) is 0 Å². The summed E-state index contributed by atoms with van der Waals surface area (Å²) >= 11 is 0. The van der Waals surface area contributed by atoms with Crippen LogP contribution in [0.1, 0.15) is 22.7 Å². The minimum Gasteiger partial charge on any atom is -0.379 e. The van der Waals surface area contributed by atoms with Crippen molar-refractivity contribution < 1.29 is 4.74 Å². The fraction of sp³-hybridized carbons (Fsp3) is 0.385. The Morgan fingerprint density at radius 1 is 1.09 bits per heavy atom. The maximum atomic E-state index is 5.58. The second-order valence-corrected chi connectivity index (χ2v) is 8.33. The lowest BCUT2D eigenvalue weighted by molar-refractivity contribution is 0.0170. The van der Waals surface area contributed by atoms with Crippen molar-refractivity contribution in [2.75, 3.05) is 46.4 Å². The maximum absolute atomic E-state index is 5.58. The highest BCUT2D eigenvalue weighted by atomic mass is 127. The summed E-state index contributed by atoms with van der Waals surface area (Å²) in [7, 11) is 1.82. The number of nitrogens with zero attached hydrogens (tertiary/aromatic N) is 4. The third kappa shape index (κ3) is 7.28. The van der Waals surface area contributed by atoms with Gasteiger partial charge >= 0.3 is 0 Å². The first-order valence-corrected chi connectivity index (χ1v) is 11.6. The first kappa shape index (κ1) is 26.2. The molecule has 1 saturated heterocycles. The Labute approximate surface area is 219 Å². The number of nitrogens with one attached hydrogen (secondary N) is 2. The van der Waals surface area contributed by atoms with Crippen LogP contribution < -0.4 is 10.6 Å². The van der Waals surface area contributed by atoms with E-state index in [9.17, 15) is 0 Å². The number of ether oxygens (including phenoxy) is 1. The molecule has 182 valence electrons. The van der Waals surface area contributed by atoms with E-state index in [1.54, 1.807) is 6.20 Å². The smallest absolute Gasteiger partial charge is 0.191 e. The minimum atomic E-state index is 0. The fourth-order valence-electron chi connectivity index (χ4n) is 4.20. The van der Waals surface area contributed by atoms with Crippen LogP contribution in [-0.2, 0) is 11.2 Å². The molecule has 1 fully saturated rings. The van der Waals surface area contributed by atoms with Gasteiger partial charge in [0, 0.05) is 45.6 Å². The number of aryl methyl sites for hydroxylation is 1. The van der Waals surface area contributed by atoms with Crippen LogP contribution in [0.3, 0.4) is 0 Å². The van der Waals surface area contributed by atoms with Gasteiger partial charge in [0.05, 0.1) is 24.9 Å². The molecular formula is C26H35IN6O. The molecule has 4 rings (SSSR count). The Morgan fingerprint density at radius 2 is 1.88 bits per heavy atom. The Morgan fingerprint density at radius 3 is 2.56 bits per heavy atom. The number of benzene rings is 2. The quantitative estimate of drug-likeness (QED) is 0.245. The fourth-order valence-corrected chi connectivity index (χ4v) is 4.20. The summed E-state index contributed by atoms with van der Waals surface area (Å²) in [6.45, 7) is 7.22. The number of rotatable bonds is 8. The number of morpholine rings is 1. The van der Waals surface area contributed by atoms with Crippen molar-refractivity contribution in [3.8, 4) is 5.69 Å². The van der Waals surface area contributed by atoms with Crippen molar-refractivity contribution in [2.45, 2.75) is 19.4 Å². The molecule has 0 amide bonds. The maximum Gasteiger partial charge on any atom is 0.191 e. The predicted octanol–water partition coefficient (Wildman–Crippen LogP) is 3.58. The number of guanidine groups is 1. The minimum absolute atomic E-state index is 0. The van der Waals surface area contributed by atoms with E-state index in [0.29, 0.717) is 0 Å². The van der Waals surface area contributed by atoms with Crippen LogP contribution in [0.15, 0.2) is 72.0 Å². The van der Waals surface area contributed by atoms with E-state index in [2.05, 4.69) is 81.1 Å². The first-order chi connectivity index (χ1) is 16.2. The number of hydrogen-bond donors (Lipinski definition) is 2. The zero-order chi connectivity index (χ0) is 22.9. The molecule has 2 N–H and O–H groups in total. The van der Waals surface area contributed by atoms with Gasteiger partial charge in [-0.2, -0.15) is 5.10 Å². The largest absolute Gasteiger partial charge is 0.379 e. The van der Waals surface area contributed by atoms with Gasteiger partial charge in [-0.25, -0.2) is 4.68 Å². The highest BCUT2D eigenvalue weighted by Gasteiger charge is 2.23.